The fourth-order valence-electron chi connectivity index (χ4n) is 1.50. The number of amidine groups is 1. The molecule has 0 heterocycles. The minimum absolute atomic E-state index is 0.0490. The van der Waals surface area contributed by atoms with Crippen molar-refractivity contribution in [3.05, 3.63) is 42.5 Å². The molecule has 16 heavy (non-hydrogen) atoms. The quantitative estimate of drug-likeness (QED) is 0.356. The fourth-order valence-corrected chi connectivity index (χ4v) is 1.50. The van der Waals surface area contributed by atoms with Gasteiger partial charge in [-0.15, -0.1) is 0 Å². The van der Waals surface area contributed by atoms with Gasteiger partial charge in [0.2, 0.25) is 0 Å². The molecule has 0 aromatic heterocycles. The predicted octanol–water partition coefficient (Wildman–Crippen LogP) is 1.96. The maximum absolute atomic E-state index is 8.41. The molecule has 0 saturated heterocycles. The highest BCUT2D eigenvalue weighted by molar-refractivity contribution is 5.88. The highest BCUT2D eigenvalue weighted by Gasteiger charge is 2.01. The van der Waals surface area contributed by atoms with E-state index in [4.69, 9.17) is 15.7 Å². The zero-order chi connectivity index (χ0) is 11.4. The molecule has 82 valence electrons. The SMILES string of the molecule is NC(COc1cccc2ccccc12)=NO. The average molecular weight is 216 g/mol. The Kier molecular flexibility index (Phi) is 2.91. The van der Waals surface area contributed by atoms with Crippen LogP contribution in [0.2, 0.25) is 0 Å². The molecule has 0 amide bonds. The molecular weight excluding hydrogens is 204 g/mol. The number of nitrogens with two attached hydrogens (primary N) is 1. The van der Waals surface area contributed by atoms with Gasteiger partial charge in [0.05, 0.1) is 0 Å². The van der Waals surface area contributed by atoms with Crippen LogP contribution in [0.25, 0.3) is 10.8 Å². The van der Waals surface area contributed by atoms with Crippen LogP contribution in [0.15, 0.2) is 47.6 Å². The standard InChI is InChI=1S/C12H12N2O2/c13-12(14-15)8-16-11-7-3-5-9-4-1-2-6-10(9)11/h1-7,15H,8H2,(H2,13,14). The lowest BCUT2D eigenvalue weighted by Gasteiger charge is -2.07. The van der Waals surface area contributed by atoms with E-state index in [9.17, 15) is 0 Å². The molecule has 0 fully saturated rings. The lowest BCUT2D eigenvalue weighted by molar-refractivity contribution is 0.307. The zero-order valence-corrected chi connectivity index (χ0v) is 8.63. The maximum atomic E-state index is 8.41. The summed E-state index contributed by atoms with van der Waals surface area (Å²) in [6.45, 7) is 0.0739. The Balaban J connectivity index is 2.30. The van der Waals surface area contributed by atoms with Crippen LogP contribution in [-0.2, 0) is 0 Å². The van der Waals surface area contributed by atoms with Crippen LogP contribution in [0.4, 0.5) is 0 Å². The van der Waals surface area contributed by atoms with Gasteiger partial charge in [-0.05, 0) is 11.5 Å². The minimum Gasteiger partial charge on any atom is -0.485 e. The predicted molar refractivity (Wildman–Crippen MR) is 62.9 cm³/mol. The molecule has 4 heteroatoms. The summed E-state index contributed by atoms with van der Waals surface area (Å²) in [6.07, 6.45) is 0. The molecule has 0 spiro atoms. The Morgan fingerprint density at radius 1 is 1.19 bits per heavy atom. The second-order valence-corrected chi connectivity index (χ2v) is 3.36. The molecule has 0 aliphatic rings. The van der Waals surface area contributed by atoms with E-state index in [1.165, 1.54) is 0 Å². The van der Waals surface area contributed by atoms with Gasteiger partial charge >= 0.3 is 0 Å². The molecule has 2 rings (SSSR count). The van der Waals surface area contributed by atoms with Crippen molar-refractivity contribution in [2.45, 2.75) is 0 Å². The Morgan fingerprint density at radius 2 is 1.94 bits per heavy atom. The number of oxime groups is 1. The van der Waals surface area contributed by atoms with Gasteiger partial charge in [-0.3, -0.25) is 0 Å². The summed E-state index contributed by atoms with van der Waals surface area (Å²) in [5, 5.41) is 13.4. The van der Waals surface area contributed by atoms with E-state index in [2.05, 4.69) is 5.16 Å². The van der Waals surface area contributed by atoms with Crippen LogP contribution >= 0.6 is 0 Å². The van der Waals surface area contributed by atoms with Gasteiger partial charge in [-0.1, -0.05) is 41.6 Å². The molecule has 2 aromatic carbocycles. The van der Waals surface area contributed by atoms with Crippen molar-refractivity contribution in [3.63, 3.8) is 0 Å². The van der Waals surface area contributed by atoms with Crippen LogP contribution in [0, 0.1) is 0 Å². The van der Waals surface area contributed by atoms with Crippen LogP contribution in [-0.4, -0.2) is 17.6 Å². The number of hydrogen-bond acceptors (Lipinski definition) is 3. The van der Waals surface area contributed by atoms with E-state index in [-0.39, 0.29) is 12.4 Å². The highest BCUT2D eigenvalue weighted by Crippen LogP contribution is 2.24. The average Bonchev–Trinajstić information content (AvgIpc) is 2.35. The van der Waals surface area contributed by atoms with E-state index in [0.717, 1.165) is 16.5 Å². The summed E-state index contributed by atoms with van der Waals surface area (Å²) < 4.78 is 5.46. The lowest BCUT2D eigenvalue weighted by Crippen LogP contribution is -2.20. The number of fused-ring (bicyclic) bond motifs is 1. The monoisotopic (exact) mass is 216 g/mol. The highest BCUT2D eigenvalue weighted by atomic mass is 16.5. The molecule has 4 nitrogen and oxygen atoms in total. The van der Waals surface area contributed by atoms with E-state index in [0.29, 0.717) is 0 Å². The number of nitrogens with zero attached hydrogens (tertiary/aromatic N) is 1. The summed E-state index contributed by atoms with van der Waals surface area (Å²) in [6, 6.07) is 13.7. The van der Waals surface area contributed by atoms with E-state index < -0.39 is 0 Å². The van der Waals surface area contributed by atoms with Crippen molar-refractivity contribution >= 4 is 16.6 Å². The Hall–Kier alpha value is -2.23. The molecule has 2 aromatic rings. The van der Waals surface area contributed by atoms with Gasteiger partial charge in [-0.2, -0.15) is 0 Å². The molecule has 0 aliphatic heterocycles. The van der Waals surface area contributed by atoms with Crippen LogP contribution in [0.5, 0.6) is 5.75 Å². The first-order valence-electron chi connectivity index (χ1n) is 4.88. The van der Waals surface area contributed by atoms with Crippen molar-refractivity contribution in [1.29, 1.82) is 0 Å². The largest absolute Gasteiger partial charge is 0.485 e. The van der Waals surface area contributed by atoms with Gasteiger partial charge in [0.15, 0.2) is 5.84 Å². The zero-order valence-electron chi connectivity index (χ0n) is 8.63. The van der Waals surface area contributed by atoms with E-state index in [1.807, 2.05) is 42.5 Å². The number of benzene rings is 2. The Labute approximate surface area is 92.9 Å². The van der Waals surface area contributed by atoms with Crippen molar-refractivity contribution in [3.8, 4) is 5.75 Å². The molecule has 0 atom stereocenters. The Morgan fingerprint density at radius 3 is 2.75 bits per heavy atom. The third kappa shape index (κ3) is 2.06. The normalized spacial score (nSPS) is 11.6. The van der Waals surface area contributed by atoms with Gasteiger partial charge in [0, 0.05) is 5.39 Å². The van der Waals surface area contributed by atoms with Crippen molar-refractivity contribution < 1.29 is 9.94 Å². The van der Waals surface area contributed by atoms with Gasteiger partial charge in [0.25, 0.3) is 0 Å². The lowest BCUT2D eigenvalue weighted by atomic mass is 10.1. The van der Waals surface area contributed by atoms with Gasteiger partial charge in [-0.25, -0.2) is 0 Å². The maximum Gasteiger partial charge on any atom is 0.177 e. The van der Waals surface area contributed by atoms with Crippen LogP contribution in [0.3, 0.4) is 0 Å². The molecule has 0 unspecified atom stereocenters. The molecular formula is C12H12N2O2. The Bertz CT molecular complexity index is 518. The summed E-state index contributed by atoms with van der Waals surface area (Å²) >= 11 is 0. The molecule has 3 N–H and O–H groups in total. The van der Waals surface area contributed by atoms with Crippen molar-refractivity contribution in [2.75, 3.05) is 6.61 Å². The smallest absolute Gasteiger partial charge is 0.177 e. The first kappa shape index (κ1) is 10.3. The summed E-state index contributed by atoms with van der Waals surface area (Å²) in [5.74, 6) is 0.776. The third-order valence-corrected chi connectivity index (χ3v) is 2.25. The van der Waals surface area contributed by atoms with Gasteiger partial charge in [0.1, 0.15) is 12.4 Å². The summed E-state index contributed by atoms with van der Waals surface area (Å²) in [7, 11) is 0. The first-order valence-corrected chi connectivity index (χ1v) is 4.88. The first-order chi connectivity index (χ1) is 7.81. The van der Waals surface area contributed by atoms with Gasteiger partial charge < -0.3 is 15.7 Å². The summed E-state index contributed by atoms with van der Waals surface area (Å²) in [4.78, 5) is 0. The molecule has 0 aliphatic carbocycles. The summed E-state index contributed by atoms with van der Waals surface area (Å²) in [5.41, 5.74) is 5.34. The molecule has 0 bridgehead atoms. The van der Waals surface area contributed by atoms with Crippen molar-refractivity contribution in [1.82, 2.24) is 0 Å². The number of rotatable bonds is 3. The number of hydrogen-bond donors (Lipinski definition) is 2. The fraction of sp³-hybridized carbons (Fsp3) is 0.0833. The minimum atomic E-state index is 0.0490. The number of ether oxygens (including phenoxy) is 1. The molecule has 0 radical (unpaired) electrons. The van der Waals surface area contributed by atoms with Crippen LogP contribution < -0.4 is 10.5 Å². The third-order valence-electron chi connectivity index (χ3n) is 2.25. The second kappa shape index (κ2) is 4.53. The van der Waals surface area contributed by atoms with Crippen LogP contribution in [0.1, 0.15) is 0 Å². The van der Waals surface area contributed by atoms with E-state index in [1.54, 1.807) is 0 Å². The van der Waals surface area contributed by atoms with E-state index >= 15 is 0 Å². The second-order valence-electron chi connectivity index (χ2n) is 3.36. The molecule has 0 saturated carbocycles. The van der Waals surface area contributed by atoms with Crippen molar-refractivity contribution in [2.24, 2.45) is 10.9 Å². The topological polar surface area (TPSA) is 67.8 Å².